The maximum Gasteiger partial charge on any atom is 0.228 e. The highest BCUT2D eigenvalue weighted by atomic mass is 35.5. The zero-order valence-corrected chi connectivity index (χ0v) is 10.6. The van der Waals surface area contributed by atoms with E-state index in [0.29, 0.717) is 18.4 Å². The maximum atomic E-state index is 5.76. The topological polar surface area (TPSA) is 93.4 Å². The molecule has 0 amide bonds. The second kappa shape index (κ2) is 6.10. The zero-order chi connectivity index (χ0) is 12.8. The van der Waals surface area contributed by atoms with Crippen molar-refractivity contribution in [3.05, 3.63) is 17.7 Å². The van der Waals surface area contributed by atoms with Gasteiger partial charge in [0.25, 0.3) is 0 Å². The molecule has 18 heavy (non-hydrogen) atoms. The van der Waals surface area contributed by atoms with Crippen molar-refractivity contribution in [1.29, 1.82) is 0 Å². The first kappa shape index (κ1) is 12.5. The third-order valence-electron chi connectivity index (χ3n) is 2.15. The summed E-state index contributed by atoms with van der Waals surface area (Å²) in [5.74, 6) is 0.895. The number of nitrogens with one attached hydrogen (secondary N) is 2. The molecule has 0 aliphatic rings. The number of aromatic nitrogens is 6. The summed E-state index contributed by atoms with van der Waals surface area (Å²) in [6.45, 7) is 1.49. The van der Waals surface area contributed by atoms with Gasteiger partial charge in [0.15, 0.2) is 0 Å². The van der Waals surface area contributed by atoms with E-state index in [2.05, 4.69) is 35.9 Å². The van der Waals surface area contributed by atoms with Gasteiger partial charge in [0, 0.05) is 26.3 Å². The first-order valence-electron chi connectivity index (χ1n) is 5.45. The van der Waals surface area contributed by atoms with E-state index in [-0.39, 0.29) is 5.28 Å². The molecule has 8 nitrogen and oxygen atoms in total. The van der Waals surface area contributed by atoms with Crippen molar-refractivity contribution in [2.45, 2.75) is 13.0 Å². The predicted octanol–water partition coefficient (Wildman–Crippen LogP) is 0.660. The summed E-state index contributed by atoms with van der Waals surface area (Å²) in [6, 6.07) is 0. The van der Waals surface area contributed by atoms with Crippen molar-refractivity contribution in [3.63, 3.8) is 0 Å². The van der Waals surface area contributed by atoms with Gasteiger partial charge in [-0.3, -0.25) is 4.68 Å². The smallest absolute Gasteiger partial charge is 0.228 e. The number of aryl methyl sites for hydroxylation is 1. The van der Waals surface area contributed by atoms with Gasteiger partial charge in [0.2, 0.25) is 17.2 Å². The minimum Gasteiger partial charge on any atom is -0.357 e. The van der Waals surface area contributed by atoms with E-state index in [9.17, 15) is 0 Å². The van der Waals surface area contributed by atoms with E-state index in [4.69, 9.17) is 11.6 Å². The van der Waals surface area contributed by atoms with Crippen LogP contribution < -0.4 is 10.6 Å². The van der Waals surface area contributed by atoms with Crippen LogP contribution in [0.2, 0.25) is 5.28 Å². The molecule has 0 fully saturated rings. The van der Waals surface area contributed by atoms with Gasteiger partial charge >= 0.3 is 0 Å². The Hall–Kier alpha value is -1.96. The lowest BCUT2D eigenvalue weighted by atomic mass is 10.4. The average molecular weight is 269 g/mol. The highest BCUT2D eigenvalue weighted by Gasteiger charge is 2.02. The van der Waals surface area contributed by atoms with Gasteiger partial charge in [0.05, 0.1) is 6.20 Å². The summed E-state index contributed by atoms with van der Waals surface area (Å²) in [4.78, 5) is 12.0. The molecule has 0 saturated heterocycles. The first-order valence-corrected chi connectivity index (χ1v) is 5.83. The molecule has 0 unspecified atom stereocenters. The molecule has 0 bridgehead atoms. The van der Waals surface area contributed by atoms with Crippen molar-refractivity contribution in [2.24, 2.45) is 0 Å². The van der Waals surface area contributed by atoms with E-state index in [1.54, 1.807) is 17.9 Å². The Labute approximate surface area is 109 Å². The third kappa shape index (κ3) is 3.52. The van der Waals surface area contributed by atoms with E-state index in [1.807, 2.05) is 6.20 Å². The van der Waals surface area contributed by atoms with Crippen LogP contribution in [0, 0.1) is 0 Å². The maximum absolute atomic E-state index is 5.76. The summed E-state index contributed by atoms with van der Waals surface area (Å²) in [7, 11) is 1.72. The third-order valence-corrected chi connectivity index (χ3v) is 2.32. The molecule has 0 saturated carbocycles. The van der Waals surface area contributed by atoms with Crippen LogP contribution in [-0.4, -0.2) is 43.5 Å². The van der Waals surface area contributed by atoms with Gasteiger partial charge in [-0.1, -0.05) is 5.21 Å². The molecular formula is C9H13ClN8. The highest BCUT2D eigenvalue weighted by Crippen LogP contribution is 2.08. The Morgan fingerprint density at radius 1 is 1.28 bits per heavy atom. The molecule has 96 valence electrons. The average Bonchev–Trinajstić information content (AvgIpc) is 2.87. The quantitative estimate of drug-likeness (QED) is 0.743. The van der Waals surface area contributed by atoms with Gasteiger partial charge in [-0.15, -0.1) is 5.10 Å². The second-order valence-corrected chi connectivity index (χ2v) is 3.79. The van der Waals surface area contributed by atoms with E-state index >= 15 is 0 Å². The van der Waals surface area contributed by atoms with E-state index in [0.717, 1.165) is 13.0 Å². The molecule has 2 aromatic heterocycles. The Balaban J connectivity index is 1.81. The van der Waals surface area contributed by atoms with Crippen LogP contribution >= 0.6 is 11.6 Å². The first-order chi connectivity index (χ1) is 8.78. The fourth-order valence-corrected chi connectivity index (χ4v) is 1.49. The van der Waals surface area contributed by atoms with Gasteiger partial charge in [-0.25, -0.2) is 0 Å². The van der Waals surface area contributed by atoms with Crippen molar-refractivity contribution >= 4 is 23.5 Å². The molecule has 2 aromatic rings. The Morgan fingerprint density at radius 3 is 2.83 bits per heavy atom. The number of rotatable bonds is 6. The Kier molecular flexibility index (Phi) is 4.24. The monoisotopic (exact) mass is 268 g/mol. The van der Waals surface area contributed by atoms with E-state index in [1.165, 1.54) is 0 Å². The highest BCUT2D eigenvalue weighted by molar-refractivity contribution is 6.28. The number of hydrogen-bond donors (Lipinski definition) is 2. The second-order valence-electron chi connectivity index (χ2n) is 3.45. The fourth-order valence-electron chi connectivity index (χ4n) is 1.33. The minimum absolute atomic E-state index is 0.160. The summed E-state index contributed by atoms with van der Waals surface area (Å²) in [5.41, 5.74) is 0. The van der Waals surface area contributed by atoms with Crippen molar-refractivity contribution in [2.75, 3.05) is 24.2 Å². The molecule has 9 heteroatoms. The lowest BCUT2D eigenvalue weighted by Gasteiger charge is -2.06. The molecule has 0 atom stereocenters. The van der Waals surface area contributed by atoms with Crippen LogP contribution in [0.1, 0.15) is 6.42 Å². The molecule has 2 rings (SSSR count). The van der Waals surface area contributed by atoms with Crippen LogP contribution in [0.3, 0.4) is 0 Å². The summed E-state index contributed by atoms with van der Waals surface area (Å²) in [6.07, 6.45) is 4.35. The van der Waals surface area contributed by atoms with Crippen LogP contribution in [0.15, 0.2) is 12.4 Å². The summed E-state index contributed by atoms with van der Waals surface area (Å²) < 4.78 is 1.76. The van der Waals surface area contributed by atoms with Crippen molar-refractivity contribution in [1.82, 2.24) is 29.9 Å². The van der Waals surface area contributed by atoms with E-state index < -0.39 is 0 Å². The predicted molar refractivity (Wildman–Crippen MR) is 67.5 cm³/mol. The van der Waals surface area contributed by atoms with Gasteiger partial charge < -0.3 is 10.6 Å². The number of hydrogen-bond acceptors (Lipinski definition) is 7. The van der Waals surface area contributed by atoms with Gasteiger partial charge in [-0.2, -0.15) is 15.0 Å². The molecular weight excluding hydrogens is 256 g/mol. The minimum atomic E-state index is 0.160. The fraction of sp³-hybridized carbons (Fsp3) is 0.444. The van der Waals surface area contributed by atoms with Gasteiger partial charge in [0.1, 0.15) is 0 Å². The lowest BCUT2D eigenvalue weighted by molar-refractivity contribution is 0.569. The molecule has 0 aromatic carbocycles. The van der Waals surface area contributed by atoms with Crippen molar-refractivity contribution < 1.29 is 0 Å². The van der Waals surface area contributed by atoms with Crippen LogP contribution in [-0.2, 0) is 6.54 Å². The van der Waals surface area contributed by atoms with Gasteiger partial charge in [-0.05, 0) is 18.0 Å². The molecule has 0 spiro atoms. The number of anilines is 2. The van der Waals surface area contributed by atoms with Crippen molar-refractivity contribution in [3.8, 4) is 0 Å². The summed E-state index contributed by atoms with van der Waals surface area (Å²) in [5, 5.41) is 13.6. The molecule has 0 aliphatic carbocycles. The van der Waals surface area contributed by atoms with Crippen LogP contribution in [0.5, 0.6) is 0 Å². The number of halogens is 1. The molecule has 2 N–H and O–H groups in total. The number of nitrogens with zero attached hydrogens (tertiary/aromatic N) is 6. The normalized spacial score (nSPS) is 10.3. The van der Waals surface area contributed by atoms with Crippen LogP contribution in [0.4, 0.5) is 11.9 Å². The molecule has 2 heterocycles. The van der Waals surface area contributed by atoms with Crippen LogP contribution in [0.25, 0.3) is 0 Å². The standard InChI is InChI=1S/C9H13ClN8/c1-11-8-14-7(10)15-9(16-8)12-3-2-5-18-6-4-13-17-18/h4,6H,2-3,5H2,1H3,(H2,11,12,14,15,16). The zero-order valence-electron chi connectivity index (χ0n) is 9.84. The molecule has 0 radical (unpaired) electrons. The SMILES string of the molecule is CNc1nc(Cl)nc(NCCCn2ccnn2)n1. The largest absolute Gasteiger partial charge is 0.357 e. The Bertz CT molecular complexity index is 485. The lowest BCUT2D eigenvalue weighted by Crippen LogP contribution is -2.11. The Morgan fingerprint density at radius 2 is 2.11 bits per heavy atom. The molecule has 0 aliphatic heterocycles. The summed E-state index contributed by atoms with van der Waals surface area (Å²) >= 11 is 5.76.